The average Bonchev–Trinajstić information content (AvgIpc) is 2.69. The van der Waals surface area contributed by atoms with Crippen molar-refractivity contribution in [2.45, 2.75) is 6.92 Å². The topological polar surface area (TPSA) is 64.5 Å². The van der Waals surface area contributed by atoms with E-state index in [2.05, 4.69) is 24.9 Å². The summed E-state index contributed by atoms with van der Waals surface area (Å²) in [6.07, 6.45) is 3.47. The van der Waals surface area contributed by atoms with Gasteiger partial charge < -0.3 is 0 Å². The lowest BCUT2D eigenvalue weighted by Crippen LogP contribution is -2.01. The third-order valence-electron chi connectivity index (χ3n) is 3.74. The molecule has 5 heteroatoms. The standard InChI is InChI=1S/C20H15N5/c1-14-21-12-17(13-22-14)20-24-18(15-8-4-2-5-9-15)23-19(25-20)16-10-6-3-7-11-16/h2-13H,1H3. The van der Waals surface area contributed by atoms with Crippen molar-refractivity contribution in [3.63, 3.8) is 0 Å². The van der Waals surface area contributed by atoms with Crippen LogP contribution in [0.2, 0.25) is 0 Å². The van der Waals surface area contributed by atoms with Crippen molar-refractivity contribution in [3.8, 4) is 34.2 Å². The van der Waals surface area contributed by atoms with Gasteiger partial charge in [0, 0.05) is 23.5 Å². The van der Waals surface area contributed by atoms with Gasteiger partial charge in [-0.3, -0.25) is 0 Å². The van der Waals surface area contributed by atoms with Gasteiger partial charge in [0.1, 0.15) is 5.82 Å². The van der Waals surface area contributed by atoms with E-state index in [-0.39, 0.29) is 0 Å². The molecule has 0 spiro atoms. The minimum atomic E-state index is 0.563. The summed E-state index contributed by atoms with van der Waals surface area (Å²) in [6.45, 7) is 1.85. The first-order valence-electron chi connectivity index (χ1n) is 7.95. The summed E-state index contributed by atoms with van der Waals surface area (Å²) >= 11 is 0. The summed E-state index contributed by atoms with van der Waals surface area (Å²) in [5.74, 6) is 2.53. The summed E-state index contributed by atoms with van der Waals surface area (Å²) in [7, 11) is 0. The van der Waals surface area contributed by atoms with Crippen LogP contribution in [-0.4, -0.2) is 24.9 Å². The van der Waals surface area contributed by atoms with Gasteiger partial charge in [0.25, 0.3) is 0 Å². The Kier molecular flexibility index (Phi) is 3.96. The van der Waals surface area contributed by atoms with Crippen molar-refractivity contribution >= 4 is 0 Å². The lowest BCUT2D eigenvalue weighted by molar-refractivity contribution is 1.03. The highest BCUT2D eigenvalue weighted by Gasteiger charge is 2.12. The van der Waals surface area contributed by atoms with Crippen molar-refractivity contribution in [2.75, 3.05) is 0 Å². The van der Waals surface area contributed by atoms with Crippen LogP contribution in [0.25, 0.3) is 34.2 Å². The number of rotatable bonds is 3. The number of hydrogen-bond acceptors (Lipinski definition) is 5. The molecule has 2 aromatic carbocycles. The molecule has 0 amide bonds. The van der Waals surface area contributed by atoms with Gasteiger partial charge in [-0.25, -0.2) is 24.9 Å². The Hall–Kier alpha value is -3.47. The number of aryl methyl sites for hydroxylation is 1. The number of hydrogen-bond donors (Lipinski definition) is 0. The highest BCUT2D eigenvalue weighted by molar-refractivity contribution is 5.65. The van der Waals surface area contributed by atoms with Gasteiger partial charge in [-0.2, -0.15) is 0 Å². The monoisotopic (exact) mass is 325 g/mol. The van der Waals surface area contributed by atoms with E-state index < -0.39 is 0 Å². The predicted octanol–water partition coefficient (Wildman–Crippen LogP) is 3.97. The maximum Gasteiger partial charge on any atom is 0.167 e. The summed E-state index contributed by atoms with van der Waals surface area (Å²) in [4.78, 5) is 22.4. The zero-order chi connectivity index (χ0) is 17.1. The first-order valence-corrected chi connectivity index (χ1v) is 7.95. The molecule has 0 aliphatic carbocycles. The molecule has 0 N–H and O–H groups in total. The smallest absolute Gasteiger partial charge is 0.167 e. The van der Waals surface area contributed by atoms with E-state index in [1.807, 2.05) is 67.6 Å². The van der Waals surface area contributed by atoms with Crippen LogP contribution in [0.1, 0.15) is 5.82 Å². The molecule has 2 heterocycles. The first kappa shape index (κ1) is 15.1. The fourth-order valence-electron chi connectivity index (χ4n) is 2.45. The van der Waals surface area contributed by atoms with E-state index in [4.69, 9.17) is 0 Å². The van der Waals surface area contributed by atoms with E-state index in [9.17, 15) is 0 Å². The van der Waals surface area contributed by atoms with E-state index in [0.717, 1.165) is 16.7 Å². The highest BCUT2D eigenvalue weighted by Crippen LogP contribution is 2.23. The molecule has 4 rings (SSSR count). The van der Waals surface area contributed by atoms with E-state index in [1.165, 1.54) is 0 Å². The zero-order valence-electron chi connectivity index (χ0n) is 13.7. The van der Waals surface area contributed by atoms with Crippen LogP contribution in [-0.2, 0) is 0 Å². The molecule has 2 aromatic heterocycles. The second kappa shape index (κ2) is 6.57. The van der Waals surface area contributed by atoms with E-state index in [1.54, 1.807) is 12.4 Å². The number of benzene rings is 2. The fourth-order valence-corrected chi connectivity index (χ4v) is 2.45. The molecule has 0 bridgehead atoms. The molecular formula is C20H15N5. The molecule has 0 radical (unpaired) electrons. The molecule has 25 heavy (non-hydrogen) atoms. The Morgan fingerprint density at radius 1 is 0.520 bits per heavy atom. The van der Waals surface area contributed by atoms with Crippen molar-refractivity contribution < 1.29 is 0 Å². The first-order chi connectivity index (χ1) is 12.3. The highest BCUT2D eigenvalue weighted by atomic mass is 15.0. The third kappa shape index (κ3) is 3.26. The summed E-state index contributed by atoms with van der Waals surface area (Å²) in [5, 5.41) is 0. The molecule has 120 valence electrons. The molecule has 0 saturated carbocycles. The Morgan fingerprint density at radius 2 is 0.920 bits per heavy atom. The van der Waals surface area contributed by atoms with Crippen molar-refractivity contribution in [2.24, 2.45) is 0 Å². The summed E-state index contributed by atoms with van der Waals surface area (Å²) in [6, 6.07) is 19.8. The van der Waals surface area contributed by atoms with Crippen molar-refractivity contribution in [1.82, 2.24) is 24.9 Å². The Bertz CT molecular complexity index is 926. The number of nitrogens with zero attached hydrogens (tertiary/aromatic N) is 5. The van der Waals surface area contributed by atoms with Crippen molar-refractivity contribution in [3.05, 3.63) is 78.9 Å². The average molecular weight is 325 g/mol. The Morgan fingerprint density at radius 3 is 1.36 bits per heavy atom. The van der Waals surface area contributed by atoms with Gasteiger partial charge in [0.15, 0.2) is 17.5 Å². The second-order valence-electron chi connectivity index (χ2n) is 5.56. The Labute approximate surface area is 145 Å². The largest absolute Gasteiger partial charge is 0.241 e. The summed E-state index contributed by atoms with van der Waals surface area (Å²) in [5.41, 5.74) is 2.65. The van der Waals surface area contributed by atoms with Gasteiger partial charge >= 0.3 is 0 Å². The summed E-state index contributed by atoms with van der Waals surface area (Å²) < 4.78 is 0. The normalized spacial score (nSPS) is 10.6. The van der Waals surface area contributed by atoms with Gasteiger partial charge in [-0.1, -0.05) is 60.7 Å². The van der Waals surface area contributed by atoms with Crippen LogP contribution in [0.15, 0.2) is 73.1 Å². The second-order valence-corrected chi connectivity index (χ2v) is 5.56. The molecule has 0 aliphatic rings. The minimum Gasteiger partial charge on any atom is -0.241 e. The fraction of sp³-hybridized carbons (Fsp3) is 0.0500. The molecule has 0 atom stereocenters. The molecule has 5 nitrogen and oxygen atoms in total. The SMILES string of the molecule is Cc1ncc(-c2nc(-c3ccccc3)nc(-c3ccccc3)n2)cn1. The molecule has 0 aliphatic heterocycles. The van der Waals surface area contributed by atoms with Crippen LogP contribution in [0, 0.1) is 6.92 Å². The molecule has 0 saturated heterocycles. The van der Waals surface area contributed by atoms with Gasteiger partial charge in [-0.05, 0) is 6.92 Å². The van der Waals surface area contributed by atoms with Gasteiger partial charge in [0.2, 0.25) is 0 Å². The number of aromatic nitrogens is 5. The van der Waals surface area contributed by atoms with E-state index >= 15 is 0 Å². The maximum atomic E-state index is 4.65. The molecule has 4 aromatic rings. The van der Waals surface area contributed by atoms with Gasteiger partial charge in [0.05, 0.1) is 5.56 Å². The molecular weight excluding hydrogens is 310 g/mol. The Balaban J connectivity index is 1.90. The van der Waals surface area contributed by atoms with Crippen LogP contribution >= 0.6 is 0 Å². The van der Waals surface area contributed by atoms with Crippen LogP contribution < -0.4 is 0 Å². The van der Waals surface area contributed by atoms with Gasteiger partial charge in [-0.15, -0.1) is 0 Å². The lowest BCUT2D eigenvalue weighted by atomic mass is 10.2. The predicted molar refractivity (Wildman–Crippen MR) is 96.5 cm³/mol. The van der Waals surface area contributed by atoms with Crippen LogP contribution in [0.3, 0.4) is 0 Å². The molecule has 0 unspecified atom stereocenters. The third-order valence-corrected chi connectivity index (χ3v) is 3.74. The quantitative estimate of drug-likeness (QED) is 0.570. The maximum absolute atomic E-state index is 4.65. The van der Waals surface area contributed by atoms with Crippen LogP contribution in [0.5, 0.6) is 0 Å². The molecule has 0 fully saturated rings. The lowest BCUT2D eigenvalue weighted by Gasteiger charge is -2.07. The zero-order valence-corrected chi connectivity index (χ0v) is 13.7. The van der Waals surface area contributed by atoms with E-state index in [0.29, 0.717) is 23.3 Å². The van der Waals surface area contributed by atoms with Crippen LogP contribution in [0.4, 0.5) is 0 Å². The van der Waals surface area contributed by atoms with Crippen molar-refractivity contribution in [1.29, 1.82) is 0 Å². The minimum absolute atomic E-state index is 0.563.